The van der Waals surface area contributed by atoms with E-state index >= 15 is 0 Å². The molecule has 2 heterocycles. The zero-order chi connectivity index (χ0) is 13.9. The van der Waals surface area contributed by atoms with Crippen LogP contribution < -0.4 is 9.47 Å². The SMILES string of the molecule is CCN1CCC(O)(c2ncc(OC)nc2OC)CC1. The van der Waals surface area contributed by atoms with E-state index in [1.165, 1.54) is 20.4 Å². The minimum absolute atomic E-state index is 0.340. The quantitative estimate of drug-likeness (QED) is 0.870. The zero-order valence-electron chi connectivity index (χ0n) is 11.7. The Hall–Kier alpha value is -1.40. The molecule has 1 aromatic rings. The first-order valence-corrected chi connectivity index (χ1v) is 6.53. The maximum atomic E-state index is 10.8. The Morgan fingerprint density at radius 3 is 2.53 bits per heavy atom. The van der Waals surface area contributed by atoms with Gasteiger partial charge in [0, 0.05) is 13.1 Å². The van der Waals surface area contributed by atoms with E-state index in [9.17, 15) is 5.11 Å². The van der Waals surface area contributed by atoms with Gasteiger partial charge in [-0.25, -0.2) is 4.98 Å². The minimum atomic E-state index is -0.962. The summed E-state index contributed by atoms with van der Waals surface area (Å²) in [7, 11) is 3.05. The molecule has 0 spiro atoms. The average Bonchev–Trinajstić information content (AvgIpc) is 2.47. The number of rotatable bonds is 4. The van der Waals surface area contributed by atoms with Crippen molar-refractivity contribution in [2.24, 2.45) is 0 Å². The number of piperidine rings is 1. The Kier molecular flexibility index (Phi) is 4.21. The number of aliphatic hydroxyl groups is 1. The van der Waals surface area contributed by atoms with Crippen LogP contribution in [-0.4, -0.2) is 53.8 Å². The first-order chi connectivity index (χ1) is 9.12. The van der Waals surface area contributed by atoms with E-state index in [2.05, 4.69) is 21.8 Å². The Balaban J connectivity index is 2.25. The molecule has 19 heavy (non-hydrogen) atoms. The summed E-state index contributed by atoms with van der Waals surface area (Å²) in [6.45, 7) is 4.83. The summed E-state index contributed by atoms with van der Waals surface area (Å²) in [5.41, 5.74) is -0.456. The molecule has 0 atom stereocenters. The molecule has 1 aliphatic heterocycles. The number of aromatic nitrogens is 2. The summed E-state index contributed by atoms with van der Waals surface area (Å²) in [4.78, 5) is 10.8. The number of ether oxygens (including phenoxy) is 2. The summed E-state index contributed by atoms with van der Waals surface area (Å²) in [6, 6.07) is 0. The van der Waals surface area contributed by atoms with Crippen molar-refractivity contribution in [3.8, 4) is 11.8 Å². The molecule has 1 N–H and O–H groups in total. The molecule has 1 aromatic heterocycles. The molecule has 106 valence electrons. The molecular weight excluding hydrogens is 246 g/mol. The number of likely N-dealkylation sites (tertiary alicyclic amines) is 1. The molecule has 6 heteroatoms. The lowest BCUT2D eigenvalue weighted by Gasteiger charge is -2.37. The third kappa shape index (κ3) is 2.79. The molecule has 0 saturated carbocycles. The molecular formula is C13H21N3O3. The van der Waals surface area contributed by atoms with Gasteiger partial charge in [-0.1, -0.05) is 6.92 Å². The van der Waals surface area contributed by atoms with Crippen LogP contribution in [0.2, 0.25) is 0 Å². The highest BCUT2D eigenvalue weighted by molar-refractivity contribution is 5.28. The molecule has 1 fully saturated rings. The van der Waals surface area contributed by atoms with Gasteiger partial charge < -0.3 is 19.5 Å². The fourth-order valence-electron chi connectivity index (χ4n) is 2.39. The second-order valence-corrected chi connectivity index (χ2v) is 4.74. The lowest BCUT2D eigenvalue weighted by molar-refractivity contribution is -0.0303. The highest BCUT2D eigenvalue weighted by atomic mass is 16.5. The van der Waals surface area contributed by atoms with E-state index in [1.54, 1.807) is 0 Å². The monoisotopic (exact) mass is 267 g/mol. The number of hydrogen-bond acceptors (Lipinski definition) is 6. The smallest absolute Gasteiger partial charge is 0.241 e. The highest BCUT2D eigenvalue weighted by Crippen LogP contribution is 2.36. The fourth-order valence-corrected chi connectivity index (χ4v) is 2.39. The van der Waals surface area contributed by atoms with Crippen LogP contribution >= 0.6 is 0 Å². The van der Waals surface area contributed by atoms with E-state index in [1.807, 2.05) is 0 Å². The molecule has 0 bridgehead atoms. The van der Waals surface area contributed by atoms with E-state index in [4.69, 9.17) is 9.47 Å². The van der Waals surface area contributed by atoms with Gasteiger partial charge in [0.05, 0.1) is 20.4 Å². The van der Waals surface area contributed by atoms with Crippen molar-refractivity contribution in [3.05, 3.63) is 11.9 Å². The van der Waals surface area contributed by atoms with Gasteiger partial charge in [0.1, 0.15) is 11.3 Å². The largest absolute Gasteiger partial charge is 0.480 e. The second kappa shape index (κ2) is 5.71. The minimum Gasteiger partial charge on any atom is -0.480 e. The molecule has 1 saturated heterocycles. The first kappa shape index (κ1) is 14.0. The second-order valence-electron chi connectivity index (χ2n) is 4.74. The third-order valence-corrected chi connectivity index (χ3v) is 3.69. The summed E-state index contributed by atoms with van der Waals surface area (Å²) in [5.74, 6) is 0.724. The van der Waals surface area contributed by atoms with Crippen molar-refractivity contribution >= 4 is 0 Å². The van der Waals surface area contributed by atoms with Crippen molar-refractivity contribution in [3.63, 3.8) is 0 Å². The van der Waals surface area contributed by atoms with Crippen LogP contribution in [0.15, 0.2) is 6.20 Å². The number of hydrogen-bond donors (Lipinski definition) is 1. The van der Waals surface area contributed by atoms with Crippen LogP contribution in [0.4, 0.5) is 0 Å². The summed E-state index contributed by atoms with van der Waals surface area (Å²) in [6.07, 6.45) is 2.79. The average molecular weight is 267 g/mol. The molecule has 2 rings (SSSR count). The number of methoxy groups -OCH3 is 2. The molecule has 6 nitrogen and oxygen atoms in total. The molecule has 0 unspecified atom stereocenters. The third-order valence-electron chi connectivity index (χ3n) is 3.69. The topological polar surface area (TPSA) is 67.7 Å². The van der Waals surface area contributed by atoms with Gasteiger partial charge in [-0.3, -0.25) is 0 Å². The molecule has 0 amide bonds. The summed E-state index contributed by atoms with van der Waals surface area (Å²) >= 11 is 0. The van der Waals surface area contributed by atoms with E-state index in [0.29, 0.717) is 30.3 Å². The summed E-state index contributed by atoms with van der Waals surface area (Å²) in [5, 5.41) is 10.8. The van der Waals surface area contributed by atoms with Gasteiger partial charge >= 0.3 is 0 Å². The lowest BCUT2D eigenvalue weighted by Crippen LogP contribution is -2.43. The summed E-state index contributed by atoms with van der Waals surface area (Å²) < 4.78 is 10.3. The lowest BCUT2D eigenvalue weighted by atomic mass is 9.88. The Labute approximate surface area is 113 Å². The van der Waals surface area contributed by atoms with Gasteiger partial charge in [-0.15, -0.1) is 0 Å². The maximum absolute atomic E-state index is 10.8. The normalized spacial score (nSPS) is 19.2. The molecule has 1 aliphatic rings. The predicted octanol–water partition coefficient (Wildman–Crippen LogP) is 0.797. The van der Waals surface area contributed by atoms with E-state index in [0.717, 1.165) is 19.6 Å². The predicted molar refractivity (Wildman–Crippen MR) is 70.4 cm³/mol. The Bertz CT molecular complexity index is 431. The van der Waals surface area contributed by atoms with Gasteiger partial charge in [-0.05, 0) is 19.4 Å². The van der Waals surface area contributed by atoms with Crippen LogP contribution in [0.5, 0.6) is 11.8 Å². The number of nitrogens with zero attached hydrogens (tertiary/aromatic N) is 3. The van der Waals surface area contributed by atoms with Crippen LogP contribution in [-0.2, 0) is 5.60 Å². The van der Waals surface area contributed by atoms with Crippen LogP contribution in [0.1, 0.15) is 25.5 Å². The van der Waals surface area contributed by atoms with Crippen molar-refractivity contribution in [1.29, 1.82) is 0 Å². The van der Waals surface area contributed by atoms with Gasteiger partial charge in [0.25, 0.3) is 0 Å². The van der Waals surface area contributed by atoms with Crippen molar-refractivity contribution < 1.29 is 14.6 Å². The highest BCUT2D eigenvalue weighted by Gasteiger charge is 2.38. The van der Waals surface area contributed by atoms with E-state index in [-0.39, 0.29) is 0 Å². The van der Waals surface area contributed by atoms with Gasteiger partial charge in [-0.2, -0.15) is 4.98 Å². The van der Waals surface area contributed by atoms with Crippen LogP contribution in [0, 0.1) is 0 Å². The van der Waals surface area contributed by atoms with Crippen molar-refractivity contribution in [2.75, 3.05) is 33.9 Å². The van der Waals surface area contributed by atoms with Crippen LogP contribution in [0.3, 0.4) is 0 Å². The Morgan fingerprint density at radius 1 is 1.32 bits per heavy atom. The fraction of sp³-hybridized carbons (Fsp3) is 0.692. The molecule has 0 aromatic carbocycles. The molecule has 0 radical (unpaired) electrons. The van der Waals surface area contributed by atoms with Crippen molar-refractivity contribution in [2.45, 2.75) is 25.4 Å². The first-order valence-electron chi connectivity index (χ1n) is 6.53. The van der Waals surface area contributed by atoms with Crippen molar-refractivity contribution in [1.82, 2.24) is 14.9 Å². The van der Waals surface area contributed by atoms with E-state index < -0.39 is 5.60 Å². The van der Waals surface area contributed by atoms with Gasteiger partial charge in [0.2, 0.25) is 11.8 Å². The Morgan fingerprint density at radius 2 is 2.00 bits per heavy atom. The zero-order valence-corrected chi connectivity index (χ0v) is 11.7. The van der Waals surface area contributed by atoms with Crippen LogP contribution in [0.25, 0.3) is 0 Å². The maximum Gasteiger partial charge on any atom is 0.241 e. The standard InChI is InChI=1S/C13H21N3O3/c1-4-16-7-5-13(17,6-8-16)11-12(19-3)15-10(18-2)9-14-11/h9,17H,4-8H2,1-3H3. The van der Waals surface area contributed by atoms with Gasteiger partial charge in [0.15, 0.2) is 0 Å². The molecule has 0 aliphatic carbocycles.